The van der Waals surface area contributed by atoms with Crippen molar-refractivity contribution in [1.29, 1.82) is 0 Å². The largest absolute Gasteiger partial charge is 0.481 e. The minimum absolute atomic E-state index is 0.0521. The van der Waals surface area contributed by atoms with E-state index in [2.05, 4.69) is 0 Å². The maximum atomic E-state index is 10.4. The van der Waals surface area contributed by atoms with Gasteiger partial charge >= 0.3 is 5.97 Å². The molecule has 0 aromatic rings. The lowest BCUT2D eigenvalue weighted by molar-refractivity contribution is -0.142. The quantitative estimate of drug-likeness (QED) is 0.662. The van der Waals surface area contributed by atoms with Crippen LogP contribution in [0.4, 0.5) is 0 Å². The van der Waals surface area contributed by atoms with Crippen LogP contribution in [-0.4, -0.2) is 21.8 Å². The maximum Gasteiger partial charge on any atom is 0.303 e. The molecule has 0 radical (unpaired) electrons. The summed E-state index contributed by atoms with van der Waals surface area (Å²) in [6.45, 7) is 1.75. The zero-order valence-corrected chi connectivity index (χ0v) is 7.42. The molecule has 3 nitrogen and oxygen atoms in total. The molecule has 2 atom stereocenters. The van der Waals surface area contributed by atoms with E-state index >= 15 is 0 Å². The number of hydrogen-bond donors (Lipinski definition) is 2. The van der Waals surface area contributed by atoms with E-state index in [1.54, 1.807) is 6.92 Å². The van der Waals surface area contributed by atoms with Crippen LogP contribution >= 0.6 is 0 Å². The van der Waals surface area contributed by atoms with Crippen molar-refractivity contribution in [2.24, 2.45) is 5.92 Å². The zero-order valence-electron chi connectivity index (χ0n) is 7.42. The Bertz CT molecular complexity index is 175. The first-order chi connectivity index (χ1) is 5.52. The minimum Gasteiger partial charge on any atom is -0.481 e. The molecule has 0 spiro atoms. The number of carboxylic acids is 1. The predicted octanol–water partition coefficient (Wildman–Crippen LogP) is 1.40. The summed E-state index contributed by atoms with van der Waals surface area (Å²) < 4.78 is 0. The fraction of sp³-hybridized carbons (Fsp3) is 0.889. The molecule has 1 aliphatic rings. The van der Waals surface area contributed by atoms with Crippen molar-refractivity contribution in [2.45, 2.75) is 44.6 Å². The molecule has 1 aliphatic carbocycles. The van der Waals surface area contributed by atoms with Crippen LogP contribution in [0.2, 0.25) is 0 Å². The van der Waals surface area contributed by atoms with Gasteiger partial charge in [-0.25, -0.2) is 0 Å². The number of aliphatic hydroxyl groups is 1. The van der Waals surface area contributed by atoms with Crippen molar-refractivity contribution < 1.29 is 15.0 Å². The van der Waals surface area contributed by atoms with E-state index in [4.69, 9.17) is 5.11 Å². The van der Waals surface area contributed by atoms with E-state index in [9.17, 15) is 9.90 Å². The highest BCUT2D eigenvalue weighted by Gasteiger charge is 2.35. The van der Waals surface area contributed by atoms with Gasteiger partial charge in [-0.1, -0.05) is 12.8 Å². The first-order valence-corrected chi connectivity index (χ1v) is 4.46. The van der Waals surface area contributed by atoms with Gasteiger partial charge < -0.3 is 10.2 Å². The molecular formula is C9H16O3. The van der Waals surface area contributed by atoms with Crippen molar-refractivity contribution in [1.82, 2.24) is 0 Å². The molecule has 70 valence electrons. The van der Waals surface area contributed by atoms with Crippen molar-refractivity contribution in [3.8, 4) is 0 Å². The molecule has 0 unspecified atom stereocenters. The van der Waals surface area contributed by atoms with Gasteiger partial charge in [0.25, 0.3) is 0 Å². The summed E-state index contributed by atoms with van der Waals surface area (Å²) >= 11 is 0. The number of rotatable bonds is 2. The lowest BCUT2D eigenvalue weighted by Crippen LogP contribution is -2.38. The molecule has 0 aromatic heterocycles. The average Bonchev–Trinajstić information content (AvgIpc) is 1.92. The SMILES string of the molecule is C[C@@]1(O)CCCC[C@H]1CC(=O)O. The van der Waals surface area contributed by atoms with Gasteiger partial charge in [0.1, 0.15) is 0 Å². The van der Waals surface area contributed by atoms with Crippen LogP contribution in [0.5, 0.6) is 0 Å². The standard InChI is InChI=1S/C9H16O3/c1-9(12)5-3-2-4-7(9)6-8(10)11/h7,12H,2-6H2,1H3,(H,10,11)/t7-,9+/m0/s1. The van der Waals surface area contributed by atoms with Gasteiger partial charge in [-0.3, -0.25) is 4.79 Å². The summed E-state index contributed by atoms with van der Waals surface area (Å²) in [5.41, 5.74) is -0.753. The Kier molecular flexibility index (Phi) is 2.73. The second-order valence-electron chi connectivity index (χ2n) is 3.90. The Balaban J connectivity index is 2.54. The van der Waals surface area contributed by atoms with E-state index in [1.807, 2.05) is 0 Å². The average molecular weight is 172 g/mol. The molecule has 0 aliphatic heterocycles. The van der Waals surface area contributed by atoms with E-state index in [1.165, 1.54) is 0 Å². The van der Waals surface area contributed by atoms with E-state index < -0.39 is 11.6 Å². The maximum absolute atomic E-state index is 10.4. The summed E-state index contributed by atoms with van der Waals surface area (Å²) in [5, 5.41) is 18.4. The van der Waals surface area contributed by atoms with Crippen LogP contribution in [0, 0.1) is 5.92 Å². The summed E-state index contributed by atoms with van der Waals surface area (Å²) in [4.78, 5) is 10.4. The van der Waals surface area contributed by atoms with Crippen LogP contribution in [0.1, 0.15) is 39.0 Å². The minimum atomic E-state index is -0.804. The molecule has 0 aromatic carbocycles. The number of carbonyl (C=O) groups is 1. The molecule has 0 saturated heterocycles. The van der Waals surface area contributed by atoms with Crippen LogP contribution < -0.4 is 0 Å². The number of aliphatic carboxylic acids is 1. The fourth-order valence-electron chi connectivity index (χ4n) is 1.92. The second kappa shape index (κ2) is 3.44. The van der Waals surface area contributed by atoms with Crippen molar-refractivity contribution in [3.05, 3.63) is 0 Å². The first-order valence-electron chi connectivity index (χ1n) is 4.46. The topological polar surface area (TPSA) is 57.5 Å². The van der Waals surface area contributed by atoms with E-state index in [-0.39, 0.29) is 12.3 Å². The number of hydrogen-bond acceptors (Lipinski definition) is 2. The molecule has 0 bridgehead atoms. The molecule has 0 heterocycles. The third-order valence-corrected chi connectivity index (χ3v) is 2.79. The molecule has 1 rings (SSSR count). The molecule has 1 saturated carbocycles. The normalized spacial score (nSPS) is 36.3. The molecule has 1 fully saturated rings. The molecule has 3 heteroatoms. The number of carboxylic acid groups (broad SMARTS) is 1. The van der Waals surface area contributed by atoms with Gasteiger partial charge in [0.05, 0.1) is 12.0 Å². The molecule has 2 N–H and O–H groups in total. The zero-order chi connectivity index (χ0) is 9.19. The van der Waals surface area contributed by atoms with Gasteiger partial charge in [-0.05, 0) is 25.7 Å². The molecular weight excluding hydrogens is 156 g/mol. The Morgan fingerprint density at radius 3 is 2.75 bits per heavy atom. The van der Waals surface area contributed by atoms with Gasteiger partial charge in [0, 0.05) is 0 Å². The fourth-order valence-corrected chi connectivity index (χ4v) is 1.92. The second-order valence-corrected chi connectivity index (χ2v) is 3.90. The Morgan fingerprint density at radius 2 is 2.25 bits per heavy atom. The third-order valence-electron chi connectivity index (χ3n) is 2.79. The summed E-state index contributed by atoms with van der Waals surface area (Å²) in [7, 11) is 0. The Hall–Kier alpha value is -0.570. The molecule has 12 heavy (non-hydrogen) atoms. The Labute approximate surface area is 72.4 Å². The predicted molar refractivity (Wildman–Crippen MR) is 44.8 cm³/mol. The van der Waals surface area contributed by atoms with Crippen LogP contribution in [0.3, 0.4) is 0 Å². The highest BCUT2D eigenvalue weighted by Crippen LogP contribution is 2.35. The lowest BCUT2D eigenvalue weighted by atomic mass is 9.75. The first kappa shape index (κ1) is 9.52. The van der Waals surface area contributed by atoms with Gasteiger partial charge in [0.2, 0.25) is 0 Å². The van der Waals surface area contributed by atoms with Crippen molar-refractivity contribution >= 4 is 5.97 Å². The van der Waals surface area contributed by atoms with Crippen LogP contribution in [0.25, 0.3) is 0 Å². The summed E-state index contributed by atoms with van der Waals surface area (Å²) in [6.07, 6.45) is 3.76. The highest BCUT2D eigenvalue weighted by molar-refractivity contribution is 5.67. The van der Waals surface area contributed by atoms with Gasteiger partial charge in [-0.2, -0.15) is 0 Å². The van der Waals surface area contributed by atoms with Crippen LogP contribution in [-0.2, 0) is 4.79 Å². The van der Waals surface area contributed by atoms with Crippen LogP contribution in [0.15, 0.2) is 0 Å². The van der Waals surface area contributed by atoms with Gasteiger partial charge in [-0.15, -0.1) is 0 Å². The van der Waals surface area contributed by atoms with E-state index in [0.717, 1.165) is 25.7 Å². The highest BCUT2D eigenvalue weighted by atomic mass is 16.4. The Morgan fingerprint density at radius 1 is 1.58 bits per heavy atom. The summed E-state index contributed by atoms with van der Waals surface area (Å²) in [6, 6.07) is 0. The van der Waals surface area contributed by atoms with Crippen molar-refractivity contribution in [3.63, 3.8) is 0 Å². The third kappa shape index (κ3) is 2.21. The monoisotopic (exact) mass is 172 g/mol. The van der Waals surface area contributed by atoms with Crippen molar-refractivity contribution in [2.75, 3.05) is 0 Å². The summed E-state index contributed by atoms with van der Waals surface area (Å²) in [5.74, 6) is -0.856. The smallest absolute Gasteiger partial charge is 0.303 e. The van der Waals surface area contributed by atoms with E-state index in [0.29, 0.717) is 0 Å². The lowest BCUT2D eigenvalue weighted by Gasteiger charge is -2.36. The molecule has 0 amide bonds. The van der Waals surface area contributed by atoms with Gasteiger partial charge in [0.15, 0.2) is 0 Å².